The number of aryl methyl sites for hydroxylation is 1. The average Bonchev–Trinajstić information content (AvgIpc) is 3.02. The van der Waals surface area contributed by atoms with E-state index in [-0.39, 0.29) is 11.5 Å². The van der Waals surface area contributed by atoms with Crippen LogP contribution < -0.4 is 5.73 Å². The molecule has 0 amide bonds. The zero-order valence-corrected chi connectivity index (χ0v) is 16.4. The molecule has 4 rings (SSSR count). The van der Waals surface area contributed by atoms with Crippen molar-refractivity contribution in [3.8, 4) is 11.5 Å². The molecule has 148 valence electrons. The number of phenolic OH excluding ortho intramolecular Hbond substituents is 2. The molecule has 5 heteroatoms. The van der Waals surface area contributed by atoms with Gasteiger partial charge in [-0.15, -0.1) is 0 Å². The number of nitrogens with two attached hydrogens (primary N) is 1. The van der Waals surface area contributed by atoms with Crippen molar-refractivity contribution in [1.82, 2.24) is 0 Å². The van der Waals surface area contributed by atoms with Gasteiger partial charge in [-0.3, -0.25) is 0 Å². The lowest BCUT2D eigenvalue weighted by Crippen LogP contribution is -2.29. The number of carbonyl (C=O) groups is 1. The number of ether oxygens (including phenoxy) is 1. The number of rotatable bonds is 4. The fourth-order valence-corrected chi connectivity index (χ4v) is 4.27. The Labute approximate surface area is 169 Å². The SMILES string of the molecule is CCc1cc2c(c(N)c1CC)C(=O)OC2(c1ccc(O)cc1)c1ccc(O)cc1. The van der Waals surface area contributed by atoms with E-state index in [2.05, 4.69) is 6.92 Å². The molecule has 0 bridgehead atoms. The third-order valence-electron chi connectivity index (χ3n) is 5.68. The monoisotopic (exact) mass is 389 g/mol. The first-order valence-corrected chi connectivity index (χ1v) is 9.69. The number of hydrogen-bond acceptors (Lipinski definition) is 5. The maximum atomic E-state index is 13.0. The van der Waals surface area contributed by atoms with Gasteiger partial charge in [-0.25, -0.2) is 4.79 Å². The summed E-state index contributed by atoms with van der Waals surface area (Å²) in [6.07, 6.45) is 1.50. The lowest BCUT2D eigenvalue weighted by molar-refractivity contribution is 0.0252. The van der Waals surface area contributed by atoms with Gasteiger partial charge < -0.3 is 20.7 Å². The third-order valence-corrected chi connectivity index (χ3v) is 5.68. The number of hydrogen-bond donors (Lipinski definition) is 3. The van der Waals surface area contributed by atoms with E-state index in [1.165, 1.54) is 0 Å². The molecular weight excluding hydrogens is 366 g/mol. The Bertz CT molecular complexity index is 1040. The van der Waals surface area contributed by atoms with Crippen molar-refractivity contribution in [2.45, 2.75) is 32.3 Å². The number of fused-ring (bicyclic) bond motifs is 1. The van der Waals surface area contributed by atoms with Gasteiger partial charge in [0.15, 0.2) is 5.60 Å². The van der Waals surface area contributed by atoms with Crippen LogP contribution in [-0.4, -0.2) is 16.2 Å². The molecule has 0 spiro atoms. The molecule has 0 saturated carbocycles. The Morgan fingerprint density at radius 1 is 0.897 bits per heavy atom. The van der Waals surface area contributed by atoms with E-state index in [0.717, 1.165) is 24.0 Å². The molecule has 1 heterocycles. The zero-order chi connectivity index (χ0) is 20.8. The second-order valence-corrected chi connectivity index (χ2v) is 7.22. The van der Waals surface area contributed by atoms with Crippen LogP contribution >= 0.6 is 0 Å². The Kier molecular flexibility index (Phi) is 4.46. The van der Waals surface area contributed by atoms with Crippen LogP contribution in [0.4, 0.5) is 5.69 Å². The first kappa shape index (κ1) is 18.9. The molecule has 0 fully saturated rings. The van der Waals surface area contributed by atoms with Gasteiger partial charge in [0.1, 0.15) is 11.5 Å². The summed E-state index contributed by atoms with van der Waals surface area (Å²) in [4.78, 5) is 13.0. The van der Waals surface area contributed by atoms with Crippen LogP contribution in [0.3, 0.4) is 0 Å². The Balaban J connectivity index is 2.09. The lowest BCUT2D eigenvalue weighted by Gasteiger charge is -2.31. The van der Waals surface area contributed by atoms with Crippen molar-refractivity contribution in [2.24, 2.45) is 0 Å². The number of aromatic hydroxyl groups is 2. The number of phenols is 2. The molecule has 0 radical (unpaired) electrons. The van der Waals surface area contributed by atoms with E-state index in [9.17, 15) is 15.0 Å². The highest BCUT2D eigenvalue weighted by atomic mass is 16.6. The van der Waals surface area contributed by atoms with E-state index in [4.69, 9.17) is 10.5 Å². The van der Waals surface area contributed by atoms with Gasteiger partial charge in [-0.2, -0.15) is 0 Å². The second kappa shape index (κ2) is 6.85. The van der Waals surface area contributed by atoms with Crippen LogP contribution in [0.25, 0.3) is 0 Å². The Hall–Kier alpha value is -3.47. The van der Waals surface area contributed by atoms with Crippen LogP contribution in [0.1, 0.15) is 52.0 Å². The highest BCUT2D eigenvalue weighted by Crippen LogP contribution is 2.50. The van der Waals surface area contributed by atoms with Crippen molar-refractivity contribution in [3.63, 3.8) is 0 Å². The van der Waals surface area contributed by atoms with Crippen LogP contribution in [0.15, 0.2) is 54.6 Å². The minimum absolute atomic E-state index is 0.120. The molecule has 5 nitrogen and oxygen atoms in total. The van der Waals surface area contributed by atoms with Crippen molar-refractivity contribution in [1.29, 1.82) is 0 Å². The summed E-state index contributed by atoms with van der Waals surface area (Å²) < 4.78 is 6.07. The Morgan fingerprint density at radius 2 is 1.41 bits per heavy atom. The molecule has 0 aromatic heterocycles. The standard InChI is InChI=1S/C24H23NO4/c1-3-14-13-20-21(22(25)19(14)4-2)23(28)29-24(20,15-5-9-17(26)10-6-15)16-7-11-18(27)12-8-16/h5-13,26-27H,3-4,25H2,1-2H3. The predicted octanol–water partition coefficient (Wildman–Crippen LogP) is 4.27. The van der Waals surface area contributed by atoms with Crippen LogP contribution in [-0.2, 0) is 23.2 Å². The van der Waals surface area contributed by atoms with Gasteiger partial charge in [-0.05, 0) is 54.3 Å². The largest absolute Gasteiger partial charge is 0.508 e. The lowest BCUT2D eigenvalue weighted by atomic mass is 9.78. The quantitative estimate of drug-likeness (QED) is 0.458. The summed E-state index contributed by atoms with van der Waals surface area (Å²) >= 11 is 0. The molecular formula is C24H23NO4. The Morgan fingerprint density at radius 3 is 1.86 bits per heavy atom. The molecule has 0 saturated heterocycles. The number of esters is 1. The molecule has 3 aromatic carbocycles. The van der Waals surface area contributed by atoms with E-state index in [0.29, 0.717) is 27.9 Å². The summed E-state index contributed by atoms with van der Waals surface area (Å²) in [6.45, 7) is 4.07. The molecule has 0 atom stereocenters. The van der Waals surface area contributed by atoms with Gasteiger partial charge >= 0.3 is 5.97 Å². The normalized spacial score (nSPS) is 14.5. The molecule has 0 unspecified atom stereocenters. The maximum absolute atomic E-state index is 13.0. The van der Waals surface area contributed by atoms with Gasteiger partial charge in [-0.1, -0.05) is 38.1 Å². The van der Waals surface area contributed by atoms with Gasteiger partial charge in [0.2, 0.25) is 0 Å². The maximum Gasteiger partial charge on any atom is 0.342 e. The highest BCUT2D eigenvalue weighted by molar-refractivity contribution is 6.02. The van der Waals surface area contributed by atoms with E-state index >= 15 is 0 Å². The summed E-state index contributed by atoms with van der Waals surface area (Å²) in [5.74, 6) is -0.237. The summed E-state index contributed by atoms with van der Waals surface area (Å²) in [5, 5.41) is 19.5. The second-order valence-electron chi connectivity index (χ2n) is 7.22. The van der Waals surface area contributed by atoms with E-state index < -0.39 is 11.6 Å². The fourth-order valence-electron chi connectivity index (χ4n) is 4.27. The molecule has 0 aliphatic carbocycles. The average molecular weight is 389 g/mol. The summed E-state index contributed by atoms with van der Waals surface area (Å²) in [6, 6.07) is 15.2. The molecule has 29 heavy (non-hydrogen) atoms. The van der Waals surface area contributed by atoms with E-state index in [1.807, 2.05) is 13.0 Å². The number of cyclic esters (lactones) is 1. The number of anilines is 1. The van der Waals surface area contributed by atoms with Gasteiger partial charge in [0.05, 0.1) is 11.3 Å². The predicted molar refractivity (Wildman–Crippen MR) is 111 cm³/mol. The minimum Gasteiger partial charge on any atom is -0.508 e. The number of nitrogen functional groups attached to an aromatic ring is 1. The summed E-state index contributed by atoms with van der Waals surface area (Å²) in [5.41, 5.74) is 10.2. The molecule has 3 aromatic rings. The third kappa shape index (κ3) is 2.73. The first-order chi connectivity index (χ1) is 13.9. The summed E-state index contributed by atoms with van der Waals surface area (Å²) in [7, 11) is 0. The topological polar surface area (TPSA) is 92.8 Å². The van der Waals surface area contributed by atoms with E-state index in [1.54, 1.807) is 48.5 Å². The number of carbonyl (C=O) groups excluding carboxylic acids is 1. The van der Waals surface area contributed by atoms with Crippen molar-refractivity contribution in [2.75, 3.05) is 5.73 Å². The van der Waals surface area contributed by atoms with Gasteiger partial charge in [0.25, 0.3) is 0 Å². The smallest absolute Gasteiger partial charge is 0.342 e. The highest BCUT2D eigenvalue weighted by Gasteiger charge is 2.50. The van der Waals surface area contributed by atoms with Crippen molar-refractivity contribution >= 4 is 11.7 Å². The fraction of sp³-hybridized carbons (Fsp3) is 0.208. The molecule has 4 N–H and O–H groups in total. The van der Waals surface area contributed by atoms with Crippen molar-refractivity contribution in [3.05, 3.63) is 88.0 Å². The van der Waals surface area contributed by atoms with Gasteiger partial charge in [0, 0.05) is 16.7 Å². The zero-order valence-electron chi connectivity index (χ0n) is 16.4. The van der Waals surface area contributed by atoms with Crippen LogP contribution in [0, 0.1) is 0 Å². The minimum atomic E-state index is -1.21. The van der Waals surface area contributed by atoms with Crippen LogP contribution in [0.5, 0.6) is 11.5 Å². The van der Waals surface area contributed by atoms with Crippen LogP contribution in [0.2, 0.25) is 0 Å². The number of benzene rings is 3. The first-order valence-electron chi connectivity index (χ1n) is 9.69. The molecule has 1 aliphatic heterocycles. The van der Waals surface area contributed by atoms with Crippen molar-refractivity contribution < 1.29 is 19.7 Å². The molecule has 1 aliphatic rings.